The van der Waals surface area contributed by atoms with Gasteiger partial charge in [0.25, 0.3) is 0 Å². The lowest BCUT2D eigenvalue weighted by atomic mass is 10.4. The summed E-state index contributed by atoms with van der Waals surface area (Å²) in [6.45, 7) is 0.921. The van der Waals surface area contributed by atoms with Gasteiger partial charge in [-0.05, 0) is 6.07 Å². The van der Waals surface area contributed by atoms with Crippen molar-refractivity contribution in [1.29, 1.82) is 0 Å². The van der Waals surface area contributed by atoms with Crippen molar-refractivity contribution < 1.29 is 0 Å². The lowest BCUT2D eigenvalue weighted by molar-refractivity contribution is 0.993. The van der Waals surface area contributed by atoms with E-state index in [2.05, 4.69) is 10.3 Å². The molecule has 3 nitrogen and oxygen atoms in total. The lowest BCUT2D eigenvalue weighted by Crippen LogP contribution is -2.23. The number of nitrogens with two attached hydrogens (primary N) is 1. The molecule has 0 bridgehead atoms. The SMILES string of the molecule is Nc1cc(Cl)nc(NCC2CSCCS2)c1. The molecule has 1 saturated heterocycles. The molecule has 16 heavy (non-hydrogen) atoms. The molecule has 1 fully saturated rings. The minimum absolute atomic E-state index is 0.438. The Balaban J connectivity index is 1.88. The number of thioether (sulfide) groups is 2. The van der Waals surface area contributed by atoms with E-state index in [0.29, 0.717) is 16.1 Å². The number of nitrogens with zero attached hydrogens (tertiary/aromatic N) is 1. The molecule has 0 saturated carbocycles. The zero-order valence-corrected chi connectivity index (χ0v) is 11.2. The van der Waals surface area contributed by atoms with Crippen molar-refractivity contribution in [2.45, 2.75) is 5.25 Å². The third-order valence-corrected chi connectivity index (χ3v) is 5.25. The van der Waals surface area contributed by atoms with E-state index in [1.165, 1.54) is 17.3 Å². The maximum atomic E-state index is 5.83. The molecule has 3 N–H and O–H groups in total. The summed E-state index contributed by atoms with van der Waals surface area (Å²) >= 11 is 9.86. The minimum Gasteiger partial charge on any atom is -0.399 e. The molecule has 0 amide bonds. The highest BCUT2D eigenvalue weighted by atomic mass is 35.5. The number of nitrogen functional groups attached to an aromatic ring is 1. The quantitative estimate of drug-likeness (QED) is 0.831. The Kier molecular flexibility index (Phi) is 4.49. The molecule has 6 heteroatoms. The predicted octanol–water partition coefficient (Wildman–Crippen LogP) is 2.58. The number of nitrogens with one attached hydrogen (secondary N) is 1. The van der Waals surface area contributed by atoms with Crippen molar-refractivity contribution in [3.8, 4) is 0 Å². The first kappa shape index (κ1) is 12.2. The fraction of sp³-hybridized carbons (Fsp3) is 0.500. The van der Waals surface area contributed by atoms with Gasteiger partial charge in [-0.2, -0.15) is 23.5 Å². The Hall–Kier alpha value is -0.260. The Morgan fingerprint density at radius 2 is 2.38 bits per heavy atom. The summed E-state index contributed by atoms with van der Waals surface area (Å²) in [6.07, 6.45) is 0. The molecule has 88 valence electrons. The Morgan fingerprint density at radius 3 is 3.06 bits per heavy atom. The predicted molar refractivity (Wildman–Crippen MR) is 75.7 cm³/mol. The monoisotopic (exact) mass is 275 g/mol. The van der Waals surface area contributed by atoms with Crippen molar-refractivity contribution in [3.05, 3.63) is 17.3 Å². The van der Waals surface area contributed by atoms with Gasteiger partial charge in [0, 0.05) is 40.8 Å². The van der Waals surface area contributed by atoms with Gasteiger partial charge in [-0.25, -0.2) is 4.98 Å². The molecule has 1 atom stereocenters. The van der Waals surface area contributed by atoms with E-state index in [-0.39, 0.29) is 0 Å². The van der Waals surface area contributed by atoms with Crippen molar-refractivity contribution >= 4 is 46.6 Å². The zero-order valence-electron chi connectivity index (χ0n) is 8.78. The molecule has 2 rings (SSSR count). The van der Waals surface area contributed by atoms with Crippen LogP contribution in [0.5, 0.6) is 0 Å². The molecule has 1 aromatic heterocycles. The van der Waals surface area contributed by atoms with Crippen LogP contribution in [0.3, 0.4) is 0 Å². The van der Waals surface area contributed by atoms with Crippen LogP contribution in [-0.4, -0.2) is 34.0 Å². The van der Waals surface area contributed by atoms with Crippen LogP contribution in [0, 0.1) is 0 Å². The van der Waals surface area contributed by atoms with Crippen LogP contribution in [-0.2, 0) is 0 Å². The number of hydrogen-bond acceptors (Lipinski definition) is 5. The molecule has 1 aliphatic rings. The van der Waals surface area contributed by atoms with Crippen LogP contribution in [0.15, 0.2) is 12.1 Å². The molecular weight excluding hydrogens is 262 g/mol. The molecule has 1 aliphatic heterocycles. The van der Waals surface area contributed by atoms with Crippen LogP contribution >= 0.6 is 35.1 Å². The summed E-state index contributed by atoms with van der Waals surface area (Å²) in [7, 11) is 0. The van der Waals surface area contributed by atoms with E-state index in [1.807, 2.05) is 29.6 Å². The van der Waals surface area contributed by atoms with Crippen molar-refractivity contribution in [1.82, 2.24) is 4.98 Å². The zero-order chi connectivity index (χ0) is 11.4. The number of rotatable bonds is 3. The van der Waals surface area contributed by atoms with Crippen LogP contribution in [0.4, 0.5) is 11.5 Å². The van der Waals surface area contributed by atoms with E-state index in [1.54, 1.807) is 6.07 Å². The standard InChI is InChI=1S/C10H14ClN3S2/c11-9-3-7(12)4-10(14-9)13-5-8-6-15-1-2-16-8/h3-4,8H,1-2,5-6H2,(H3,12,13,14). The maximum absolute atomic E-state index is 5.83. The van der Waals surface area contributed by atoms with Gasteiger partial charge in [0.1, 0.15) is 11.0 Å². The van der Waals surface area contributed by atoms with E-state index < -0.39 is 0 Å². The normalized spacial score (nSPS) is 20.7. The second-order valence-electron chi connectivity index (χ2n) is 3.56. The largest absolute Gasteiger partial charge is 0.399 e. The van der Waals surface area contributed by atoms with E-state index in [0.717, 1.165) is 12.4 Å². The molecule has 1 aromatic rings. The number of pyridine rings is 1. The first-order valence-electron chi connectivity index (χ1n) is 5.10. The van der Waals surface area contributed by atoms with E-state index in [9.17, 15) is 0 Å². The fourth-order valence-corrected chi connectivity index (χ4v) is 4.31. The van der Waals surface area contributed by atoms with Gasteiger partial charge >= 0.3 is 0 Å². The molecule has 1 unspecified atom stereocenters. The van der Waals surface area contributed by atoms with Gasteiger partial charge in [0.15, 0.2) is 0 Å². The van der Waals surface area contributed by atoms with Crippen molar-refractivity contribution in [2.75, 3.05) is 34.9 Å². The highest BCUT2D eigenvalue weighted by Crippen LogP contribution is 2.24. The molecule has 0 spiro atoms. The van der Waals surface area contributed by atoms with Gasteiger partial charge in [-0.15, -0.1) is 0 Å². The molecule has 0 radical (unpaired) electrons. The number of aromatic nitrogens is 1. The highest BCUT2D eigenvalue weighted by Gasteiger charge is 2.14. The number of hydrogen-bond donors (Lipinski definition) is 2. The van der Waals surface area contributed by atoms with Crippen molar-refractivity contribution in [2.24, 2.45) is 0 Å². The average molecular weight is 276 g/mol. The molecule has 0 aromatic carbocycles. The summed E-state index contributed by atoms with van der Waals surface area (Å²) in [5.74, 6) is 4.47. The third kappa shape index (κ3) is 3.64. The third-order valence-electron chi connectivity index (χ3n) is 2.21. The number of anilines is 2. The Bertz CT molecular complexity index is 336. The Morgan fingerprint density at radius 1 is 1.50 bits per heavy atom. The maximum Gasteiger partial charge on any atom is 0.133 e. The summed E-state index contributed by atoms with van der Waals surface area (Å²) in [6, 6.07) is 3.46. The summed E-state index contributed by atoms with van der Waals surface area (Å²) in [5.41, 5.74) is 6.34. The van der Waals surface area contributed by atoms with Gasteiger partial charge in [0.05, 0.1) is 0 Å². The minimum atomic E-state index is 0.438. The number of halogens is 1. The topological polar surface area (TPSA) is 50.9 Å². The lowest BCUT2D eigenvalue weighted by Gasteiger charge is -2.21. The van der Waals surface area contributed by atoms with Gasteiger partial charge in [0.2, 0.25) is 0 Å². The highest BCUT2D eigenvalue weighted by molar-refractivity contribution is 8.06. The Labute approximate surface area is 109 Å². The molecular formula is C10H14ClN3S2. The van der Waals surface area contributed by atoms with Crippen molar-refractivity contribution in [3.63, 3.8) is 0 Å². The van der Waals surface area contributed by atoms with Crippen LogP contribution < -0.4 is 11.1 Å². The summed E-state index contributed by atoms with van der Waals surface area (Å²) in [4.78, 5) is 4.18. The second kappa shape index (κ2) is 5.89. The summed E-state index contributed by atoms with van der Waals surface area (Å²) < 4.78 is 0. The van der Waals surface area contributed by atoms with Gasteiger partial charge < -0.3 is 11.1 Å². The average Bonchev–Trinajstić information content (AvgIpc) is 2.27. The second-order valence-corrected chi connectivity index (χ2v) is 6.50. The summed E-state index contributed by atoms with van der Waals surface area (Å²) in [5, 5.41) is 4.38. The van der Waals surface area contributed by atoms with Crippen LogP contribution in [0.25, 0.3) is 0 Å². The van der Waals surface area contributed by atoms with Gasteiger partial charge in [-0.1, -0.05) is 11.6 Å². The first-order valence-corrected chi connectivity index (χ1v) is 7.68. The van der Waals surface area contributed by atoms with E-state index in [4.69, 9.17) is 17.3 Å². The van der Waals surface area contributed by atoms with E-state index >= 15 is 0 Å². The van der Waals surface area contributed by atoms with Crippen LogP contribution in [0.2, 0.25) is 5.15 Å². The fourth-order valence-electron chi connectivity index (χ4n) is 1.48. The van der Waals surface area contributed by atoms with Crippen LogP contribution in [0.1, 0.15) is 0 Å². The molecule has 2 heterocycles. The first-order chi connectivity index (χ1) is 7.74. The smallest absolute Gasteiger partial charge is 0.133 e. The molecule has 0 aliphatic carbocycles. The van der Waals surface area contributed by atoms with Gasteiger partial charge in [-0.3, -0.25) is 0 Å².